The second-order valence-electron chi connectivity index (χ2n) is 5.74. The van der Waals surface area contributed by atoms with Crippen LogP contribution in [0.15, 0.2) is 28.7 Å². The zero-order valence-corrected chi connectivity index (χ0v) is 16.8. The Bertz CT molecular complexity index is 715. The predicted molar refractivity (Wildman–Crippen MR) is 108 cm³/mol. The monoisotopic (exact) mass is 376 g/mol. The summed E-state index contributed by atoms with van der Waals surface area (Å²) in [5.41, 5.74) is 4.18. The number of aryl methyl sites for hydroxylation is 2. The second-order valence-corrected chi connectivity index (χ2v) is 6.67. The summed E-state index contributed by atoms with van der Waals surface area (Å²) in [6.07, 6.45) is 1.96. The number of guanidine groups is 1. The van der Waals surface area contributed by atoms with Crippen LogP contribution in [0.2, 0.25) is 0 Å². The second kappa shape index (κ2) is 10.7. The van der Waals surface area contributed by atoms with E-state index in [0.29, 0.717) is 6.61 Å². The first-order valence-corrected chi connectivity index (χ1v) is 9.69. The van der Waals surface area contributed by atoms with Crippen LogP contribution in [0.3, 0.4) is 0 Å². The first kappa shape index (κ1) is 20.0. The number of thiazole rings is 1. The lowest BCUT2D eigenvalue weighted by Crippen LogP contribution is -2.37. The first-order valence-electron chi connectivity index (χ1n) is 8.81. The van der Waals surface area contributed by atoms with E-state index in [0.717, 1.165) is 49.1 Å². The molecule has 1 aromatic heterocycles. The number of nitrogens with one attached hydrogen (secondary N) is 2. The van der Waals surface area contributed by atoms with Gasteiger partial charge in [-0.25, -0.2) is 4.98 Å². The summed E-state index contributed by atoms with van der Waals surface area (Å²) in [4.78, 5) is 9.76. The van der Waals surface area contributed by atoms with E-state index in [1.165, 1.54) is 10.4 Å². The number of benzene rings is 1. The molecule has 0 bridgehead atoms. The summed E-state index contributed by atoms with van der Waals surface area (Å²) in [7, 11) is 3.44. The molecule has 7 heteroatoms. The number of hydrogen-bond donors (Lipinski definition) is 2. The molecule has 0 amide bonds. The van der Waals surface area contributed by atoms with Crippen LogP contribution in [-0.2, 0) is 13.0 Å². The van der Waals surface area contributed by atoms with Crippen LogP contribution < -0.4 is 20.1 Å². The van der Waals surface area contributed by atoms with Crippen LogP contribution in [0.25, 0.3) is 0 Å². The molecule has 0 saturated heterocycles. The molecule has 1 heterocycles. The lowest BCUT2D eigenvalue weighted by Gasteiger charge is -2.13. The Labute approximate surface area is 159 Å². The standard InChI is InChI=1S/C19H28N4O2S/c1-5-25-17-11-15(8-9-16(17)24-4)7-6-10-21-19(20-3)22-12-18-14(2)23-13-26-18/h8-9,11,13H,5-7,10,12H2,1-4H3,(H2,20,21,22). The van der Waals surface area contributed by atoms with Gasteiger partial charge < -0.3 is 20.1 Å². The number of methoxy groups -OCH3 is 1. The van der Waals surface area contributed by atoms with E-state index < -0.39 is 0 Å². The van der Waals surface area contributed by atoms with Gasteiger partial charge >= 0.3 is 0 Å². The third-order valence-corrected chi connectivity index (χ3v) is 4.88. The smallest absolute Gasteiger partial charge is 0.191 e. The molecule has 0 atom stereocenters. The molecule has 0 aliphatic rings. The van der Waals surface area contributed by atoms with Crippen molar-refractivity contribution in [1.29, 1.82) is 0 Å². The van der Waals surface area contributed by atoms with Crippen LogP contribution >= 0.6 is 11.3 Å². The highest BCUT2D eigenvalue weighted by atomic mass is 32.1. The Balaban J connectivity index is 1.76. The van der Waals surface area contributed by atoms with Crippen molar-refractivity contribution in [3.05, 3.63) is 39.8 Å². The van der Waals surface area contributed by atoms with Crippen LogP contribution in [0.5, 0.6) is 11.5 Å². The van der Waals surface area contributed by atoms with Crippen LogP contribution in [0.4, 0.5) is 0 Å². The molecule has 0 saturated carbocycles. The molecule has 0 spiro atoms. The average Bonchev–Trinajstić information content (AvgIpc) is 3.06. The largest absolute Gasteiger partial charge is 0.493 e. The quantitative estimate of drug-likeness (QED) is 0.400. The van der Waals surface area contributed by atoms with Crippen LogP contribution in [0.1, 0.15) is 29.5 Å². The van der Waals surface area contributed by atoms with E-state index in [-0.39, 0.29) is 0 Å². The summed E-state index contributed by atoms with van der Waals surface area (Å²) in [6, 6.07) is 6.11. The van der Waals surface area contributed by atoms with Crippen molar-refractivity contribution in [3.8, 4) is 11.5 Å². The Morgan fingerprint density at radius 3 is 2.77 bits per heavy atom. The zero-order chi connectivity index (χ0) is 18.8. The summed E-state index contributed by atoms with van der Waals surface area (Å²) >= 11 is 1.66. The number of hydrogen-bond acceptors (Lipinski definition) is 5. The van der Waals surface area contributed by atoms with Crippen molar-refractivity contribution >= 4 is 17.3 Å². The van der Waals surface area contributed by atoms with Gasteiger partial charge in [0.1, 0.15) is 0 Å². The summed E-state index contributed by atoms with van der Waals surface area (Å²) in [6.45, 7) is 6.21. The Morgan fingerprint density at radius 2 is 2.12 bits per heavy atom. The maximum atomic E-state index is 5.63. The molecule has 26 heavy (non-hydrogen) atoms. The summed E-state index contributed by atoms with van der Waals surface area (Å²) < 4.78 is 11.0. The maximum Gasteiger partial charge on any atom is 0.191 e. The minimum absolute atomic E-state index is 0.628. The van der Waals surface area contributed by atoms with E-state index in [1.807, 2.05) is 25.4 Å². The number of ether oxygens (including phenoxy) is 2. The van der Waals surface area contributed by atoms with Crippen LogP contribution in [-0.4, -0.2) is 38.3 Å². The highest BCUT2D eigenvalue weighted by Crippen LogP contribution is 2.28. The molecule has 2 rings (SSSR count). The first-order chi connectivity index (χ1) is 12.7. The molecule has 2 N–H and O–H groups in total. The summed E-state index contributed by atoms with van der Waals surface area (Å²) in [5, 5.41) is 6.68. The minimum atomic E-state index is 0.628. The van der Waals surface area contributed by atoms with Crippen molar-refractivity contribution < 1.29 is 9.47 Å². The average molecular weight is 377 g/mol. The zero-order valence-electron chi connectivity index (χ0n) is 16.0. The highest BCUT2D eigenvalue weighted by Gasteiger charge is 2.06. The fraction of sp³-hybridized carbons (Fsp3) is 0.474. The molecule has 0 fully saturated rings. The van der Waals surface area contributed by atoms with Gasteiger partial charge in [0.2, 0.25) is 0 Å². The highest BCUT2D eigenvalue weighted by molar-refractivity contribution is 7.09. The van der Waals surface area contributed by atoms with Gasteiger partial charge in [0, 0.05) is 18.5 Å². The molecule has 1 aromatic carbocycles. The van der Waals surface area contributed by atoms with Crippen molar-refractivity contribution in [2.45, 2.75) is 33.2 Å². The van der Waals surface area contributed by atoms with Crippen molar-refractivity contribution in [2.24, 2.45) is 4.99 Å². The lowest BCUT2D eigenvalue weighted by molar-refractivity contribution is 0.310. The maximum absolute atomic E-state index is 5.63. The molecule has 0 aliphatic carbocycles. The van der Waals surface area contributed by atoms with Gasteiger partial charge in [-0.2, -0.15) is 0 Å². The Kier molecular flexibility index (Phi) is 8.21. The molecule has 0 radical (unpaired) electrons. The molecule has 142 valence electrons. The van der Waals surface area contributed by atoms with E-state index in [1.54, 1.807) is 25.5 Å². The molecule has 0 unspecified atom stereocenters. The Hall–Kier alpha value is -2.28. The molecule has 0 aliphatic heterocycles. The SMILES string of the molecule is CCOc1cc(CCCNC(=NC)NCc2scnc2C)ccc1OC. The van der Waals surface area contributed by atoms with E-state index in [9.17, 15) is 0 Å². The van der Waals surface area contributed by atoms with E-state index >= 15 is 0 Å². The van der Waals surface area contributed by atoms with Crippen molar-refractivity contribution in [3.63, 3.8) is 0 Å². The van der Waals surface area contributed by atoms with Gasteiger partial charge in [-0.05, 0) is 44.4 Å². The summed E-state index contributed by atoms with van der Waals surface area (Å²) in [5.74, 6) is 2.39. The van der Waals surface area contributed by atoms with Gasteiger partial charge in [-0.3, -0.25) is 4.99 Å². The third kappa shape index (κ3) is 5.91. The third-order valence-electron chi connectivity index (χ3n) is 3.95. The van der Waals surface area contributed by atoms with Gasteiger partial charge in [0.15, 0.2) is 17.5 Å². The predicted octanol–water partition coefficient (Wildman–Crippen LogP) is 3.16. The lowest BCUT2D eigenvalue weighted by atomic mass is 10.1. The van der Waals surface area contributed by atoms with Gasteiger partial charge in [-0.15, -0.1) is 11.3 Å². The molecular weight excluding hydrogens is 348 g/mol. The fourth-order valence-electron chi connectivity index (χ4n) is 2.52. The number of aliphatic imine (C=N–C) groups is 1. The number of nitrogens with zero attached hydrogens (tertiary/aromatic N) is 2. The van der Waals surface area contributed by atoms with Crippen molar-refractivity contribution in [2.75, 3.05) is 27.3 Å². The number of rotatable bonds is 9. The van der Waals surface area contributed by atoms with Crippen molar-refractivity contribution in [1.82, 2.24) is 15.6 Å². The van der Waals surface area contributed by atoms with E-state index in [4.69, 9.17) is 9.47 Å². The van der Waals surface area contributed by atoms with Gasteiger partial charge in [-0.1, -0.05) is 6.07 Å². The Morgan fingerprint density at radius 1 is 1.27 bits per heavy atom. The number of aromatic nitrogens is 1. The van der Waals surface area contributed by atoms with E-state index in [2.05, 4.69) is 32.7 Å². The minimum Gasteiger partial charge on any atom is -0.493 e. The normalized spacial score (nSPS) is 11.3. The molecule has 2 aromatic rings. The topological polar surface area (TPSA) is 67.8 Å². The molecule has 6 nitrogen and oxygen atoms in total. The van der Waals surface area contributed by atoms with Gasteiger partial charge in [0.05, 0.1) is 31.5 Å². The fourth-order valence-corrected chi connectivity index (χ4v) is 3.24. The molecular formula is C19H28N4O2S. The van der Waals surface area contributed by atoms with Gasteiger partial charge in [0.25, 0.3) is 0 Å². The van der Waals surface area contributed by atoms with Crippen LogP contribution in [0, 0.1) is 6.92 Å².